The lowest BCUT2D eigenvalue weighted by Gasteiger charge is -2.36. The number of carbonyl (C=O) groups is 1. The second-order valence-corrected chi connectivity index (χ2v) is 14.7. The number of likely N-dealkylation sites (tertiary alicyclic amines) is 1. The summed E-state index contributed by atoms with van der Waals surface area (Å²) in [5.74, 6) is 1.74. The number of aliphatic hydroxyl groups is 1. The Morgan fingerprint density at radius 2 is 1.98 bits per heavy atom. The van der Waals surface area contributed by atoms with Crippen LogP contribution in [-0.2, 0) is 4.79 Å². The number of hydrogen-bond acceptors (Lipinski definition) is 7. The number of fused-ring (bicyclic) bond motifs is 3. The van der Waals surface area contributed by atoms with Gasteiger partial charge in [-0.25, -0.2) is 14.5 Å². The van der Waals surface area contributed by atoms with Crippen molar-refractivity contribution >= 4 is 28.4 Å². The molecule has 1 saturated carbocycles. The van der Waals surface area contributed by atoms with Gasteiger partial charge in [-0.05, 0) is 88.0 Å². The van der Waals surface area contributed by atoms with E-state index in [0.717, 1.165) is 58.7 Å². The summed E-state index contributed by atoms with van der Waals surface area (Å²) in [5, 5.41) is 17.8. The fraction of sp³-hybridized carbons (Fsp3) is 0.588. The number of aromatic amines is 1. The molecule has 4 aromatic heterocycles. The molecule has 4 aromatic rings. The van der Waals surface area contributed by atoms with Gasteiger partial charge in [-0.1, -0.05) is 20.8 Å². The van der Waals surface area contributed by atoms with E-state index in [1.165, 1.54) is 11.1 Å². The Morgan fingerprint density at radius 3 is 2.68 bits per heavy atom. The molecule has 10 nitrogen and oxygen atoms in total. The van der Waals surface area contributed by atoms with Gasteiger partial charge in [-0.3, -0.25) is 9.69 Å². The van der Waals surface area contributed by atoms with Crippen LogP contribution in [0, 0.1) is 25.2 Å². The maximum Gasteiger partial charge on any atom is 0.236 e. The van der Waals surface area contributed by atoms with Gasteiger partial charge in [0.15, 0.2) is 5.65 Å². The number of aromatic nitrogens is 5. The van der Waals surface area contributed by atoms with Gasteiger partial charge in [-0.2, -0.15) is 5.10 Å². The first-order valence-electron chi connectivity index (χ1n) is 16.0. The smallest absolute Gasteiger partial charge is 0.236 e. The molecule has 5 heterocycles. The van der Waals surface area contributed by atoms with Crippen molar-refractivity contribution in [2.75, 3.05) is 38.1 Å². The van der Waals surface area contributed by atoms with E-state index in [4.69, 9.17) is 4.98 Å². The number of hydrogen-bond donors (Lipinski definition) is 3. The van der Waals surface area contributed by atoms with E-state index in [-0.39, 0.29) is 35.4 Å². The Hall–Kier alpha value is -3.50. The summed E-state index contributed by atoms with van der Waals surface area (Å²) < 4.78 is 1.85. The van der Waals surface area contributed by atoms with E-state index < -0.39 is 0 Å². The van der Waals surface area contributed by atoms with Gasteiger partial charge in [0.1, 0.15) is 12.1 Å². The van der Waals surface area contributed by atoms with Crippen LogP contribution in [-0.4, -0.2) is 89.7 Å². The summed E-state index contributed by atoms with van der Waals surface area (Å²) in [7, 11) is 0. The summed E-state index contributed by atoms with van der Waals surface area (Å²) in [6, 6.07) is 4.27. The first kappa shape index (κ1) is 30.5. The van der Waals surface area contributed by atoms with Crippen LogP contribution in [0.25, 0.3) is 27.9 Å². The van der Waals surface area contributed by atoms with Crippen molar-refractivity contribution in [1.29, 1.82) is 0 Å². The normalized spacial score (nSPS) is 22.2. The first-order chi connectivity index (χ1) is 20.8. The molecule has 3 N–H and O–H groups in total. The zero-order chi connectivity index (χ0) is 31.6. The summed E-state index contributed by atoms with van der Waals surface area (Å²) in [6.07, 6.45) is 5.81. The molecule has 0 radical (unpaired) electrons. The van der Waals surface area contributed by atoms with Crippen molar-refractivity contribution < 1.29 is 9.90 Å². The van der Waals surface area contributed by atoms with Crippen molar-refractivity contribution in [3.05, 3.63) is 41.3 Å². The number of amides is 1. The molecule has 10 heteroatoms. The number of aliphatic hydroxyl groups excluding tert-OH is 1. The van der Waals surface area contributed by atoms with Gasteiger partial charge >= 0.3 is 0 Å². The first-order valence-corrected chi connectivity index (χ1v) is 16.0. The number of rotatable bonds is 8. The maximum atomic E-state index is 13.6. The molecule has 44 heavy (non-hydrogen) atoms. The van der Waals surface area contributed by atoms with E-state index in [2.05, 4.69) is 104 Å². The summed E-state index contributed by atoms with van der Waals surface area (Å²) in [6.45, 7) is 19.6. The second kappa shape index (κ2) is 11.1. The zero-order valence-corrected chi connectivity index (χ0v) is 27.5. The highest BCUT2D eigenvalue weighted by molar-refractivity contribution is 5.90. The highest BCUT2D eigenvalue weighted by atomic mass is 16.3. The number of nitrogens with one attached hydrogen (secondary N) is 2. The van der Waals surface area contributed by atoms with Gasteiger partial charge < -0.3 is 20.3 Å². The molecular formula is C34H48N8O2. The van der Waals surface area contributed by atoms with Crippen LogP contribution in [0.3, 0.4) is 0 Å². The fourth-order valence-corrected chi connectivity index (χ4v) is 7.21. The SMILES string of the molecule is Cc1c(-c2[nH]c3ccc(N[C@H]4CN(C(=O)CN(CCO)C(C)(C)C)C[C@H]5C[C@]5(C)C4)nc3c2C(C)C)cn2ncnc2c1C. The summed E-state index contributed by atoms with van der Waals surface area (Å²) in [5.41, 5.74) is 8.55. The van der Waals surface area contributed by atoms with Crippen molar-refractivity contribution in [3.63, 3.8) is 0 Å². The van der Waals surface area contributed by atoms with Crippen molar-refractivity contribution in [2.24, 2.45) is 11.3 Å². The monoisotopic (exact) mass is 600 g/mol. The molecule has 0 bridgehead atoms. The van der Waals surface area contributed by atoms with Gasteiger partial charge in [0.05, 0.1) is 29.9 Å². The Bertz CT molecular complexity index is 1700. The minimum absolute atomic E-state index is 0.0387. The highest BCUT2D eigenvalue weighted by Crippen LogP contribution is 2.57. The second-order valence-electron chi connectivity index (χ2n) is 14.7. The van der Waals surface area contributed by atoms with E-state index in [0.29, 0.717) is 25.6 Å². The summed E-state index contributed by atoms with van der Waals surface area (Å²) >= 11 is 0. The predicted octanol–water partition coefficient (Wildman–Crippen LogP) is 5.14. The zero-order valence-electron chi connectivity index (χ0n) is 27.5. The third kappa shape index (κ3) is 5.58. The molecule has 1 aliphatic heterocycles. The van der Waals surface area contributed by atoms with E-state index in [1.807, 2.05) is 4.52 Å². The Kier molecular flexibility index (Phi) is 7.73. The molecule has 236 valence electrons. The molecule has 1 saturated heterocycles. The maximum absolute atomic E-state index is 13.6. The number of carbonyl (C=O) groups excluding carboxylic acids is 1. The lowest BCUT2D eigenvalue weighted by molar-refractivity contribution is -0.134. The van der Waals surface area contributed by atoms with E-state index in [1.54, 1.807) is 6.33 Å². The molecular weight excluding hydrogens is 552 g/mol. The predicted molar refractivity (Wildman–Crippen MR) is 175 cm³/mol. The topological polar surface area (TPSA) is 115 Å². The van der Waals surface area contributed by atoms with Gasteiger partial charge in [0, 0.05) is 48.5 Å². The van der Waals surface area contributed by atoms with Gasteiger partial charge in [-0.15, -0.1) is 0 Å². The van der Waals surface area contributed by atoms with Crippen molar-refractivity contribution in [1.82, 2.24) is 34.4 Å². The highest BCUT2D eigenvalue weighted by Gasteiger charge is 2.53. The molecule has 2 fully saturated rings. The average Bonchev–Trinajstić information content (AvgIpc) is 3.24. The van der Waals surface area contributed by atoms with Crippen LogP contribution in [0.2, 0.25) is 0 Å². The van der Waals surface area contributed by atoms with Crippen molar-refractivity contribution in [2.45, 2.75) is 85.7 Å². The molecule has 1 aliphatic carbocycles. The van der Waals surface area contributed by atoms with Gasteiger partial charge in [0.25, 0.3) is 0 Å². The number of nitrogens with zero attached hydrogens (tertiary/aromatic N) is 6. The number of anilines is 1. The Balaban J connectivity index is 1.29. The quantitative estimate of drug-likeness (QED) is 0.256. The number of aryl methyl sites for hydroxylation is 1. The minimum atomic E-state index is -0.197. The third-order valence-corrected chi connectivity index (χ3v) is 10.1. The minimum Gasteiger partial charge on any atom is -0.395 e. The Labute approximate surface area is 260 Å². The lowest BCUT2D eigenvalue weighted by Crippen LogP contribution is -2.51. The van der Waals surface area contributed by atoms with Crippen LogP contribution < -0.4 is 5.32 Å². The van der Waals surface area contributed by atoms with Crippen LogP contribution in [0.5, 0.6) is 0 Å². The molecule has 0 aromatic carbocycles. The molecule has 0 unspecified atom stereocenters. The van der Waals surface area contributed by atoms with Gasteiger partial charge in [0.2, 0.25) is 5.91 Å². The van der Waals surface area contributed by atoms with Crippen LogP contribution in [0.15, 0.2) is 24.7 Å². The molecule has 3 atom stereocenters. The average molecular weight is 601 g/mol. The fourth-order valence-electron chi connectivity index (χ4n) is 7.21. The lowest BCUT2D eigenvalue weighted by atomic mass is 9.95. The van der Waals surface area contributed by atoms with E-state index in [9.17, 15) is 9.90 Å². The number of β-amino-alcohol motifs (C(OH)–C–C–N with tert-alkyl or cyclic N) is 1. The largest absolute Gasteiger partial charge is 0.395 e. The summed E-state index contributed by atoms with van der Waals surface area (Å²) in [4.78, 5) is 31.1. The third-order valence-electron chi connectivity index (χ3n) is 10.1. The van der Waals surface area contributed by atoms with Crippen molar-refractivity contribution in [3.8, 4) is 11.3 Å². The molecule has 0 spiro atoms. The Morgan fingerprint density at radius 1 is 1.20 bits per heavy atom. The van der Waals surface area contributed by atoms with E-state index >= 15 is 0 Å². The van der Waals surface area contributed by atoms with Crippen LogP contribution in [0.1, 0.15) is 77.0 Å². The van der Waals surface area contributed by atoms with Crippen LogP contribution in [0.4, 0.5) is 5.82 Å². The molecule has 2 aliphatic rings. The standard InChI is InChI=1S/C34H48N8O2/c1-20(2)29-30(25-17-42-32(35-19-36-42)22(4)21(25)3)38-26-9-10-27(39-31(26)29)37-24-14-34(8)13-23(34)15-40(16-24)28(44)18-41(11-12-43)33(5,6)7/h9-10,17,19-20,23-24,38,43H,11-16,18H2,1-8H3,(H,37,39)/t23-,24-,34-/m1/s1. The molecule has 1 amide bonds. The molecule has 6 rings (SSSR count). The van der Waals surface area contributed by atoms with Crippen LogP contribution >= 0.6 is 0 Å². The number of H-pyrrole nitrogens is 1. The number of pyridine rings is 2.